The van der Waals surface area contributed by atoms with Crippen molar-refractivity contribution in [2.75, 3.05) is 0 Å². The molecular weight excluding hydrogens is 360 g/mol. The fourth-order valence-corrected chi connectivity index (χ4v) is 2.43. The van der Waals surface area contributed by atoms with Gasteiger partial charge in [0.25, 0.3) is 0 Å². The Morgan fingerprint density at radius 2 is 1.00 bits per heavy atom. The summed E-state index contributed by atoms with van der Waals surface area (Å²) in [5.74, 6) is -4.34. The molecule has 0 heterocycles. The van der Waals surface area contributed by atoms with Gasteiger partial charge in [-0.05, 0) is 20.8 Å². The summed E-state index contributed by atoms with van der Waals surface area (Å²) in [6, 6.07) is 0. The second-order valence-corrected chi connectivity index (χ2v) is 5.98. The van der Waals surface area contributed by atoms with E-state index in [1.54, 1.807) is 0 Å². The molecule has 0 fully saturated rings. The molecule has 0 saturated heterocycles. The number of carbonyl (C=O) groups excluding carboxylic acids is 3. The van der Waals surface area contributed by atoms with E-state index in [0.717, 1.165) is 39.0 Å². The van der Waals surface area contributed by atoms with Crippen LogP contribution in [0.2, 0.25) is 0 Å². The first-order valence-corrected chi connectivity index (χ1v) is 7.56. The minimum atomic E-state index is -2.25. The molecule has 9 nitrogen and oxygen atoms in total. The van der Waals surface area contributed by atoms with Gasteiger partial charge in [-0.15, -0.1) is 0 Å². The zero-order valence-corrected chi connectivity index (χ0v) is 15.0. The van der Waals surface area contributed by atoms with E-state index in [9.17, 15) is 44.1 Å². The van der Waals surface area contributed by atoms with Crippen LogP contribution in [0.3, 0.4) is 0 Å². The average Bonchev–Trinajstić information content (AvgIpc) is 2.58. The second-order valence-electron chi connectivity index (χ2n) is 5.98. The lowest BCUT2D eigenvalue weighted by Gasteiger charge is -2.38. The van der Waals surface area contributed by atoms with Crippen LogP contribution >= 0.6 is 0 Å². The van der Waals surface area contributed by atoms with Crippen LogP contribution in [0.4, 0.5) is 0 Å². The summed E-state index contributed by atoms with van der Waals surface area (Å²) in [5.41, 5.74) is -5.54. The molecule has 0 atom stereocenters. The van der Waals surface area contributed by atoms with Crippen molar-refractivity contribution >= 4 is 36.8 Å². The minimum Gasteiger partial charge on any atom is -0.478 e. The molecular formula is C18H20O9. The Labute approximate surface area is 154 Å². The Morgan fingerprint density at radius 3 is 1.19 bits per heavy atom. The van der Waals surface area contributed by atoms with Gasteiger partial charge >= 0.3 is 17.9 Å². The largest absolute Gasteiger partial charge is 0.478 e. The van der Waals surface area contributed by atoms with Gasteiger partial charge in [0.15, 0.2) is 0 Å². The van der Waals surface area contributed by atoms with Crippen molar-refractivity contribution in [3.63, 3.8) is 0 Å². The molecule has 0 radical (unpaired) electrons. The first-order valence-electron chi connectivity index (χ1n) is 7.56. The predicted octanol–water partition coefficient (Wildman–Crippen LogP) is 1.04. The quantitative estimate of drug-likeness (QED) is 0.270. The van der Waals surface area contributed by atoms with Gasteiger partial charge in [0.1, 0.15) is 24.3 Å². The summed E-state index contributed by atoms with van der Waals surface area (Å²) in [6.07, 6.45) is 2.34. The number of aliphatic carboxylic acids is 3. The molecule has 9 heteroatoms. The summed E-state index contributed by atoms with van der Waals surface area (Å²) in [6.45, 7) is 3.35. The fourth-order valence-electron chi connectivity index (χ4n) is 2.43. The summed E-state index contributed by atoms with van der Waals surface area (Å²) >= 11 is 0. The van der Waals surface area contributed by atoms with E-state index in [-0.39, 0.29) is 18.9 Å². The van der Waals surface area contributed by atoms with Crippen molar-refractivity contribution < 1.29 is 44.1 Å². The Hall–Kier alpha value is -3.36. The van der Waals surface area contributed by atoms with E-state index < -0.39 is 51.9 Å². The molecule has 0 aliphatic heterocycles. The van der Waals surface area contributed by atoms with E-state index in [4.69, 9.17) is 0 Å². The molecule has 0 amide bonds. The number of hydrogen-bond donors (Lipinski definition) is 3. The Balaban J connectivity index is 7.48. The van der Waals surface area contributed by atoms with Crippen molar-refractivity contribution in [3.8, 4) is 0 Å². The lowest BCUT2D eigenvalue weighted by atomic mass is 9.61. The van der Waals surface area contributed by atoms with Gasteiger partial charge < -0.3 is 29.7 Å². The van der Waals surface area contributed by atoms with Crippen LogP contribution in [0, 0.1) is 10.8 Å². The van der Waals surface area contributed by atoms with Crippen LogP contribution in [0.5, 0.6) is 0 Å². The number of hydrogen-bond acceptors (Lipinski definition) is 6. The third-order valence-corrected chi connectivity index (χ3v) is 4.03. The number of carboxylic acid groups (broad SMARTS) is 3. The summed E-state index contributed by atoms with van der Waals surface area (Å²) < 4.78 is 0. The summed E-state index contributed by atoms with van der Waals surface area (Å²) in [4.78, 5) is 68.6. The number of carbonyl (C=O) groups is 6. The van der Waals surface area contributed by atoms with Gasteiger partial charge in [0, 0.05) is 28.6 Å². The number of carboxylic acids is 3. The molecule has 0 saturated carbocycles. The summed E-state index contributed by atoms with van der Waals surface area (Å²) in [5, 5.41) is 27.6. The molecule has 0 aliphatic carbocycles. The van der Waals surface area contributed by atoms with Crippen molar-refractivity contribution in [1.82, 2.24) is 0 Å². The van der Waals surface area contributed by atoms with Gasteiger partial charge in [0.2, 0.25) is 0 Å². The maximum absolute atomic E-state index is 11.8. The summed E-state index contributed by atoms with van der Waals surface area (Å²) in [7, 11) is 0. The smallest absolute Gasteiger partial charge is 0.330 e. The first-order chi connectivity index (χ1) is 12.4. The molecule has 0 aliphatic rings. The van der Waals surface area contributed by atoms with E-state index >= 15 is 0 Å². The van der Waals surface area contributed by atoms with E-state index in [1.807, 2.05) is 0 Å². The molecule has 27 heavy (non-hydrogen) atoms. The van der Waals surface area contributed by atoms with Gasteiger partial charge in [-0.2, -0.15) is 0 Å². The lowest BCUT2D eigenvalue weighted by molar-refractivity contribution is -0.135. The van der Waals surface area contributed by atoms with Crippen molar-refractivity contribution in [3.05, 3.63) is 34.9 Å². The van der Waals surface area contributed by atoms with Crippen LogP contribution in [-0.2, 0) is 28.8 Å². The number of allylic oxidation sites excluding steroid dienone is 3. The Kier molecular flexibility index (Phi) is 8.20. The molecule has 0 rings (SSSR count). The average molecular weight is 380 g/mol. The van der Waals surface area contributed by atoms with Crippen LogP contribution in [-0.4, -0.2) is 52.1 Å². The highest BCUT2D eigenvalue weighted by Crippen LogP contribution is 2.45. The zero-order valence-electron chi connectivity index (χ0n) is 15.0. The highest BCUT2D eigenvalue weighted by atomic mass is 16.4. The van der Waals surface area contributed by atoms with Crippen LogP contribution in [0.1, 0.15) is 27.2 Å². The third-order valence-electron chi connectivity index (χ3n) is 4.03. The molecule has 0 aromatic heterocycles. The van der Waals surface area contributed by atoms with Gasteiger partial charge in [-0.25, -0.2) is 14.4 Å². The second kappa shape index (κ2) is 9.37. The molecule has 0 unspecified atom stereocenters. The maximum Gasteiger partial charge on any atom is 0.330 e. The normalized spacial score (nSPS) is 15.4. The Morgan fingerprint density at radius 1 is 0.704 bits per heavy atom. The maximum atomic E-state index is 11.8. The lowest BCUT2D eigenvalue weighted by Crippen LogP contribution is -2.43. The monoisotopic (exact) mass is 380 g/mol. The standard InChI is InChI=1S/C18H20O9/c1-11(14(22)23)6-18(7-12(2)15(24)25,8-13(3)16(26)27)17(9-20,10-21)4-5-19/h5-10H,4H2,1-3H3,(H,22,23)(H,24,25)(H,26,27). The molecule has 0 bridgehead atoms. The van der Waals surface area contributed by atoms with Gasteiger partial charge in [-0.1, -0.05) is 18.2 Å². The first kappa shape index (κ1) is 23.6. The van der Waals surface area contributed by atoms with E-state index in [0.29, 0.717) is 0 Å². The molecule has 0 aromatic carbocycles. The van der Waals surface area contributed by atoms with Crippen molar-refractivity contribution in [1.29, 1.82) is 0 Å². The number of aldehydes is 3. The molecule has 0 aromatic rings. The molecule has 0 spiro atoms. The van der Waals surface area contributed by atoms with Crippen LogP contribution in [0.15, 0.2) is 34.9 Å². The Bertz CT molecular complexity index is 671. The van der Waals surface area contributed by atoms with E-state index in [1.165, 1.54) is 0 Å². The van der Waals surface area contributed by atoms with Crippen molar-refractivity contribution in [2.45, 2.75) is 27.2 Å². The van der Waals surface area contributed by atoms with Crippen LogP contribution < -0.4 is 0 Å². The SMILES string of the molecule is CC(=CC(C=C(C)C(=O)O)(C=C(C)C(=O)O)C(C=O)(C=O)CC=O)C(=O)O. The minimum absolute atomic E-state index is 0.0806. The van der Waals surface area contributed by atoms with E-state index in [2.05, 4.69) is 0 Å². The van der Waals surface area contributed by atoms with Crippen molar-refractivity contribution in [2.24, 2.45) is 10.8 Å². The van der Waals surface area contributed by atoms with Crippen LogP contribution in [0.25, 0.3) is 0 Å². The number of rotatable bonds is 11. The highest BCUT2D eigenvalue weighted by Gasteiger charge is 2.49. The fraction of sp³-hybridized carbons (Fsp3) is 0.333. The molecule has 146 valence electrons. The predicted molar refractivity (Wildman–Crippen MR) is 91.9 cm³/mol. The molecule has 3 N–H and O–H groups in total. The zero-order chi connectivity index (χ0) is 21.4. The van der Waals surface area contributed by atoms with Gasteiger partial charge in [0.05, 0.1) is 0 Å². The topological polar surface area (TPSA) is 163 Å². The third kappa shape index (κ3) is 5.30. The van der Waals surface area contributed by atoms with Gasteiger partial charge in [-0.3, -0.25) is 0 Å². The highest BCUT2D eigenvalue weighted by molar-refractivity contribution is 5.94.